The van der Waals surface area contributed by atoms with Crippen molar-refractivity contribution in [1.82, 2.24) is 0 Å². The number of ether oxygens (including phenoxy) is 1. The number of hydrogen-bond acceptors (Lipinski definition) is 2. The first-order chi connectivity index (χ1) is 8.76. The maximum Gasteiger partial charge on any atom is 0.163 e. The Bertz CT molecular complexity index is 419. The topological polar surface area (TPSA) is 26.3 Å². The van der Waals surface area contributed by atoms with Gasteiger partial charge in [-0.1, -0.05) is 38.8 Å². The third-order valence-electron chi connectivity index (χ3n) is 3.89. The van der Waals surface area contributed by atoms with Crippen molar-refractivity contribution in [1.29, 1.82) is 0 Å². The van der Waals surface area contributed by atoms with Crippen LogP contribution in [0.25, 0.3) is 0 Å². The molecule has 0 spiro atoms. The van der Waals surface area contributed by atoms with Crippen LogP contribution in [0.5, 0.6) is 5.75 Å². The van der Waals surface area contributed by atoms with Gasteiger partial charge in [0.15, 0.2) is 5.78 Å². The van der Waals surface area contributed by atoms with Crippen LogP contribution in [-0.4, -0.2) is 12.4 Å². The molecule has 0 heterocycles. The third kappa shape index (κ3) is 2.74. The molecule has 98 valence electrons. The Kier molecular flexibility index (Phi) is 4.40. The SMILES string of the molecule is CCC(CC)COc1cccc2c1CCCC2=O. The molecule has 2 nitrogen and oxygen atoms in total. The molecule has 0 amide bonds. The minimum Gasteiger partial charge on any atom is -0.493 e. The van der Waals surface area contributed by atoms with Crippen molar-refractivity contribution in [3.8, 4) is 5.75 Å². The fourth-order valence-electron chi connectivity index (χ4n) is 2.51. The number of Topliss-reactive ketones (excluding diaryl/α,β-unsaturated/α-hetero) is 1. The fraction of sp³-hybridized carbons (Fsp3) is 0.562. The average Bonchev–Trinajstić information content (AvgIpc) is 2.41. The molecule has 1 aliphatic carbocycles. The molecule has 0 unspecified atom stereocenters. The molecule has 0 N–H and O–H groups in total. The summed E-state index contributed by atoms with van der Waals surface area (Å²) in [6.07, 6.45) is 4.90. The van der Waals surface area contributed by atoms with E-state index >= 15 is 0 Å². The summed E-state index contributed by atoms with van der Waals surface area (Å²) in [5, 5.41) is 0. The summed E-state index contributed by atoms with van der Waals surface area (Å²) >= 11 is 0. The van der Waals surface area contributed by atoms with Crippen molar-refractivity contribution < 1.29 is 9.53 Å². The largest absolute Gasteiger partial charge is 0.493 e. The number of benzene rings is 1. The Morgan fingerprint density at radius 3 is 2.72 bits per heavy atom. The zero-order valence-electron chi connectivity index (χ0n) is 11.4. The van der Waals surface area contributed by atoms with Crippen LogP contribution in [-0.2, 0) is 6.42 Å². The first-order valence-corrected chi connectivity index (χ1v) is 7.04. The van der Waals surface area contributed by atoms with E-state index in [0.717, 1.165) is 49.2 Å². The second kappa shape index (κ2) is 6.03. The average molecular weight is 246 g/mol. The van der Waals surface area contributed by atoms with E-state index in [1.54, 1.807) is 0 Å². The van der Waals surface area contributed by atoms with Gasteiger partial charge in [-0.25, -0.2) is 0 Å². The van der Waals surface area contributed by atoms with Gasteiger partial charge in [0.25, 0.3) is 0 Å². The maximum absolute atomic E-state index is 11.8. The number of hydrogen-bond donors (Lipinski definition) is 0. The molecule has 1 aromatic carbocycles. The van der Waals surface area contributed by atoms with E-state index < -0.39 is 0 Å². The van der Waals surface area contributed by atoms with Crippen molar-refractivity contribution in [2.24, 2.45) is 5.92 Å². The summed E-state index contributed by atoms with van der Waals surface area (Å²) in [6, 6.07) is 5.87. The number of ketones is 1. The number of carbonyl (C=O) groups is 1. The van der Waals surface area contributed by atoms with Crippen molar-refractivity contribution in [3.05, 3.63) is 29.3 Å². The molecule has 2 heteroatoms. The van der Waals surface area contributed by atoms with Gasteiger partial charge in [-0.15, -0.1) is 0 Å². The summed E-state index contributed by atoms with van der Waals surface area (Å²) in [6.45, 7) is 5.15. The summed E-state index contributed by atoms with van der Waals surface area (Å²) in [4.78, 5) is 11.8. The highest BCUT2D eigenvalue weighted by molar-refractivity contribution is 5.99. The van der Waals surface area contributed by atoms with Crippen LogP contribution in [0, 0.1) is 5.92 Å². The van der Waals surface area contributed by atoms with E-state index in [2.05, 4.69) is 13.8 Å². The van der Waals surface area contributed by atoms with Crippen molar-refractivity contribution in [2.45, 2.75) is 46.0 Å². The van der Waals surface area contributed by atoms with Crippen LogP contribution in [0.2, 0.25) is 0 Å². The molecular formula is C16H22O2. The first kappa shape index (κ1) is 13.1. The minimum absolute atomic E-state index is 0.268. The zero-order chi connectivity index (χ0) is 13.0. The molecule has 0 bridgehead atoms. The predicted octanol–water partition coefficient (Wildman–Crippen LogP) is 4.02. The van der Waals surface area contributed by atoms with Crippen LogP contribution in [0.3, 0.4) is 0 Å². The van der Waals surface area contributed by atoms with Gasteiger partial charge in [0, 0.05) is 17.5 Å². The molecular weight excluding hydrogens is 224 g/mol. The highest BCUT2D eigenvalue weighted by Gasteiger charge is 2.20. The van der Waals surface area contributed by atoms with E-state index in [4.69, 9.17) is 4.74 Å². The molecule has 1 aromatic rings. The fourth-order valence-corrected chi connectivity index (χ4v) is 2.51. The molecule has 18 heavy (non-hydrogen) atoms. The molecule has 0 aliphatic heterocycles. The summed E-state index contributed by atoms with van der Waals surface area (Å²) in [5.74, 6) is 1.80. The van der Waals surface area contributed by atoms with Crippen LogP contribution in [0.1, 0.15) is 55.5 Å². The molecule has 0 aromatic heterocycles. The molecule has 0 radical (unpaired) electrons. The Hall–Kier alpha value is -1.31. The van der Waals surface area contributed by atoms with Gasteiger partial charge in [0.2, 0.25) is 0 Å². The third-order valence-corrected chi connectivity index (χ3v) is 3.89. The lowest BCUT2D eigenvalue weighted by Crippen LogP contribution is -2.15. The van der Waals surface area contributed by atoms with Gasteiger partial charge in [0.05, 0.1) is 6.61 Å². The Balaban J connectivity index is 2.14. The molecule has 0 fully saturated rings. The lowest BCUT2D eigenvalue weighted by Gasteiger charge is -2.20. The summed E-state index contributed by atoms with van der Waals surface area (Å²) in [7, 11) is 0. The molecule has 0 atom stereocenters. The lowest BCUT2D eigenvalue weighted by molar-refractivity contribution is 0.0971. The van der Waals surface area contributed by atoms with E-state index in [0.29, 0.717) is 12.3 Å². The number of rotatable bonds is 5. The Labute approximate surface area is 109 Å². The number of fused-ring (bicyclic) bond motifs is 1. The quantitative estimate of drug-likeness (QED) is 0.784. The van der Waals surface area contributed by atoms with Crippen LogP contribution in [0.15, 0.2) is 18.2 Å². The van der Waals surface area contributed by atoms with E-state index in [-0.39, 0.29) is 5.78 Å². The summed E-state index contributed by atoms with van der Waals surface area (Å²) in [5.41, 5.74) is 2.00. The highest BCUT2D eigenvalue weighted by Crippen LogP contribution is 2.30. The van der Waals surface area contributed by atoms with Gasteiger partial charge in [-0.05, 0) is 24.8 Å². The second-order valence-corrected chi connectivity index (χ2v) is 5.05. The highest BCUT2D eigenvalue weighted by atomic mass is 16.5. The van der Waals surface area contributed by atoms with Gasteiger partial charge in [0.1, 0.15) is 5.75 Å². The van der Waals surface area contributed by atoms with Crippen molar-refractivity contribution in [3.63, 3.8) is 0 Å². The second-order valence-electron chi connectivity index (χ2n) is 5.05. The zero-order valence-corrected chi connectivity index (χ0v) is 11.4. The lowest BCUT2D eigenvalue weighted by atomic mass is 9.90. The normalized spacial score (nSPS) is 14.7. The van der Waals surface area contributed by atoms with Crippen LogP contribution < -0.4 is 4.74 Å². The van der Waals surface area contributed by atoms with E-state index in [9.17, 15) is 4.79 Å². The van der Waals surface area contributed by atoms with Crippen molar-refractivity contribution in [2.75, 3.05) is 6.61 Å². The molecule has 0 saturated carbocycles. The van der Waals surface area contributed by atoms with Gasteiger partial charge in [-0.2, -0.15) is 0 Å². The van der Waals surface area contributed by atoms with Gasteiger partial charge < -0.3 is 4.74 Å². The Morgan fingerprint density at radius 1 is 1.22 bits per heavy atom. The van der Waals surface area contributed by atoms with E-state index in [1.807, 2.05) is 18.2 Å². The van der Waals surface area contributed by atoms with Gasteiger partial charge in [-0.3, -0.25) is 4.79 Å². The monoisotopic (exact) mass is 246 g/mol. The Morgan fingerprint density at radius 2 is 2.00 bits per heavy atom. The summed E-state index contributed by atoms with van der Waals surface area (Å²) < 4.78 is 5.94. The number of carbonyl (C=O) groups excluding carboxylic acids is 1. The van der Waals surface area contributed by atoms with Gasteiger partial charge >= 0.3 is 0 Å². The van der Waals surface area contributed by atoms with E-state index in [1.165, 1.54) is 0 Å². The van der Waals surface area contributed by atoms with Crippen LogP contribution in [0.4, 0.5) is 0 Å². The minimum atomic E-state index is 0.268. The maximum atomic E-state index is 11.8. The molecule has 1 aliphatic rings. The first-order valence-electron chi connectivity index (χ1n) is 7.04. The van der Waals surface area contributed by atoms with Crippen molar-refractivity contribution >= 4 is 5.78 Å². The molecule has 0 saturated heterocycles. The molecule has 2 rings (SSSR count). The van der Waals surface area contributed by atoms with Crippen LogP contribution >= 0.6 is 0 Å². The smallest absolute Gasteiger partial charge is 0.163 e. The standard InChI is InChI=1S/C16H22O2/c1-3-12(4-2)11-18-16-10-6-7-13-14(16)8-5-9-15(13)17/h6-7,10,12H,3-5,8-9,11H2,1-2H3. The predicted molar refractivity (Wildman–Crippen MR) is 73.3 cm³/mol.